The fraction of sp³-hybridized carbons (Fsp3) is 0.844. The summed E-state index contributed by atoms with van der Waals surface area (Å²) in [6.45, 7) is 15.7. The van der Waals surface area contributed by atoms with Crippen molar-refractivity contribution in [2.24, 2.45) is 34.5 Å². The topological polar surface area (TPSA) is 122 Å². The van der Waals surface area contributed by atoms with Gasteiger partial charge in [0, 0.05) is 35.0 Å². The zero-order valence-electron chi connectivity index (χ0n) is 25.7. The normalized spacial score (nSPS) is 42.8. The minimum absolute atomic E-state index is 0.0504. The Balaban J connectivity index is 1.41. The van der Waals surface area contributed by atoms with Crippen LogP contribution in [0.15, 0.2) is 12.7 Å². The van der Waals surface area contributed by atoms with E-state index in [2.05, 4.69) is 25.7 Å². The molecular formula is C32H51NO7S. The lowest BCUT2D eigenvalue weighted by Crippen LogP contribution is -2.58. The van der Waals surface area contributed by atoms with E-state index in [0.717, 1.165) is 19.3 Å². The molecule has 4 rings (SSSR count). The number of carbonyl (C=O) groups is 3. The van der Waals surface area contributed by atoms with Crippen LogP contribution in [0.4, 0.5) is 4.79 Å². The molecule has 0 aromatic carbocycles. The second-order valence-electron chi connectivity index (χ2n) is 14.5. The van der Waals surface area contributed by atoms with Gasteiger partial charge in [0.2, 0.25) is 0 Å². The molecule has 4 saturated carbocycles. The lowest BCUT2D eigenvalue weighted by molar-refractivity contribution is -0.179. The number of rotatable bonds is 6. The van der Waals surface area contributed by atoms with Crippen LogP contribution in [0.25, 0.3) is 0 Å². The third-order valence-corrected chi connectivity index (χ3v) is 12.1. The van der Waals surface area contributed by atoms with Gasteiger partial charge in [-0.25, -0.2) is 4.79 Å². The SMILES string of the molecule is C=C[C@]1(C)C[C@@H](OC(=O)CS[C@H]2CC[C@H](NC(=O)OC(C)(C)C)C[C@@H]2O)C2C(C)CC[C@]3(CCC(=O)[C@@H]23)[C@@H](C)[C@@H]1O. The Morgan fingerprint density at radius 1 is 1.17 bits per heavy atom. The summed E-state index contributed by atoms with van der Waals surface area (Å²) in [4.78, 5) is 38.8. The molecule has 41 heavy (non-hydrogen) atoms. The Labute approximate surface area is 249 Å². The number of aliphatic hydroxyl groups excluding tert-OH is 2. The average molecular weight is 594 g/mol. The third kappa shape index (κ3) is 6.67. The molecule has 0 aromatic heterocycles. The van der Waals surface area contributed by atoms with Crippen LogP contribution in [-0.4, -0.2) is 69.0 Å². The maximum absolute atomic E-state index is 13.4. The largest absolute Gasteiger partial charge is 0.461 e. The van der Waals surface area contributed by atoms with E-state index >= 15 is 0 Å². The van der Waals surface area contributed by atoms with Gasteiger partial charge >= 0.3 is 12.1 Å². The van der Waals surface area contributed by atoms with Crippen molar-refractivity contribution in [1.29, 1.82) is 0 Å². The van der Waals surface area contributed by atoms with Gasteiger partial charge in [-0.2, -0.15) is 0 Å². The molecule has 3 N–H and O–H groups in total. The molecule has 0 aromatic rings. The van der Waals surface area contributed by atoms with Crippen molar-refractivity contribution < 1.29 is 34.1 Å². The number of amides is 1. The molecule has 11 atom stereocenters. The van der Waals surface area contributed by atoms with Crippen LogP contribution in [0, 0.1) is 34.5 Å². The molecule has 4 fully saturated rings. The fourth-order valence-corrected chi connectivity index (χ4v) is 9.45. The zero-order valence-corrected chi connectivity index (χ0v) is 26.5. The molecule has 2 unspecified atom stereocenters. The van der Waals surface area contributed by atoms with Crippen molar-refractivity contribution in [1.82, 2.24) is 5.32 Å². The van der Waals surface area contributed by atoms with E-state index in [4.69, 9.17) is 9.47 Å². The Morgan fingerprint density at radius 2 is 1.88 bits per heavy atom. The summed E-state index contributed by atoms with van der Waals surface area (Å²) >= 11 is 1.39. The number of thioether (sulfide) groups is 1. The van der Waals surface area contributed by atoms with Crippen LogP contribution in [0.5, 0.6) is 0 Å². The lowest BCUT2D eigenvalue weighted by Gasteiger charge is -2.57. The van der Waals surface area contributed by atoms with Crippen molar-refractivity contribution in [3.63, 3.8) is 0 Å². The summed E-state index contributed by atoms with van der Waals surface area (Å²) in [7, 11) is 0. The highest BCUT2D eigenvalue weighted by molar-refractivity contribution is 8.00. The van der Waals surface area contributed by atoms with Crippen molar-refractivity contribution in [2.45, 2.75) is 128 Å². The Morgan fingerprint density at radius 3 is 2.51 bits per heavy atom. The zero-order chi connectivity index (χ0) is 30.3. The molecule has 0 spiro atoms. The average Bonchev–Trinajstić information content (AvgIpc) is 3.22. The summed E-state index contributed by atoms with van der Waals surface area (Å²) < 4.78 is 11.6. The molecule has 0 radical (unpaired) electrons. The van der Waals surface area contributed by atoms with Crippen molar-refractivity contribution >= 4 is 29.6 Å². The number of hydrogen-bond acceptors (Lipinski definition) is 8. The molecule has 9 heteroatoms. The van der Waals surface area contributed by atoms with E-state index in [9.17, 15) is 24.6 Å². The summed E-state index contributed by atoms with van der Waals surface area (Å²) in [6.07, 6.45) is 4.80. The summed E-state index contributed by atoms with van der Waals surface area (Å²) in [5.41, 5.74) is -1.51. The van der Waals surface area contributed by atoms with E-state index in [1.165, 1.54) is 11.8 Å². The maximum atomic E-state index is 13.4. The highest BCUT2D eigenvalue weighted by Gasteiger charge is 2.63. The number of esters is 1. The highest BCUT2D eigenvalue weighted by Crippen LogP contribution is 2.63. The monoisotopic (exact) mass is 593 g/mol. The molecule has 0 saturated heterocycles. The number of alkyl carbamates (subject to hydrolysis) is 1. The van der Waals surface area contributed by atoms with E-state index in [1.807, 2.05) is 27.7 Å². The van der Waals surface area contributed by atoms with Crippen LogP contribution in [-0.2, 0) is 19.1 Å². The van der Waals surface area contributed by atoms with Crippen LogP contribution >= 0.6 is 11.8 Å². The summed E-state index contributed by atoms with van der Waals surface area (Å²) in [5.74, 6) is -0.121. The minimum Gasteiger partial charge on any atom is -0.461 e. The van der Waals surface area contributed by atoms with Gasteiger partial charge in [0.15, 0.2) is 0 Å². The smallest absolute Gasteiger partial charge is 0.407 e. The number of Topliss-reactive ketones (excluding diaryl/α,β-unsaturated/α-hetero) is 1. The standard InChI is InChI=1S/C32H51NO7S/c1-8-31(7)16-23(26-18(2)11-13-32(19(3)28(31)37)14-12-21(34)27(26)32)39-25(36)17-41-24-10-9-20(15-22(24)35)33-29(38)40-30(4,5)6/h8,18-20,22-24,26-28,35,37H,1,9-17H2,2-7H3,(H,33,38)/t18?,19-,20-,22-,23+,24-,26?,27-,28-,31+,32-/m0/s1. The van der Waals surface area contributed by atoms with Crippen LogP contribution in [0.1, 0.15) is 92.9 Å². The highest BCUT2D eigenvalue weighted by atomic mass is 32.2. The van der Waals surface area contributed by atoms with E-state index in [0.29, 0.717) is 32.1 Å². The second-order valence-corrected chi connectivity index (χ2v) is 15.7. The van der Waals surface area contributed by atoms with Crippen LogP contribution in [0.3, 0.4) is 0 Å². The van der Waals surface area contributed by atoms with Gasteiger partial charge in [-0.05, 0) is 83.0 Å². The molecular weight excluding hydrogens is 542 g/mol. The molecule has 8 nitrogen and oxygen atoms in total. The number of hydrogen-bond donors (Lipinski definition) is 3. The van der Waals surface area contributed by atoms with Crippen molar-refractivity contribution in [2.75, 3.05) is 5.75 Å². The van der Waals surface area contributed by atoms with Gasteiger partial charge in [-0.15, -0.1) is 18.3 Å². The number of ketones is 1. The quantitative estimate of drug-likeness (QED) is 0.289. The predicted octanol–water partition coefficient (Wildman–Crippen LogP) is 5.04. The van der Waals surface area contributed by atoms with Gasteiger partial charge in [0.05, 0.1) is 18.0 Å². The Kier molecular flexibility index (Phi) is 9.62. The molecule has 4 aliphatic rings. The predicted molar refractivity (Wildman–Crippen MR) is 159 cm³/mol. The van der Waals surface area contributed by atoms with Gasteiger partial charge in [0.1, 0.15) is 17.5 Å². The first-order valence-electron chi connectivity index (χ1n) is 15.4. The number of nitrogens with one attached hydrogen (secondary N) is 1. The van der Waals surface area contributed by atoms with Gasteiger partial charge in [-0.1, -0.05) is 26.8 Å². The first-order chi connectivity index (χ1) is 19.1. The van der Waals surface area contributed by atoms with Crippen molar-refractivity contribution in [3.05, 3.63) is 12.7 Å². The maximum Gasteiger partial charge on any atom is 0.407 e. The van der Waals surface area contributed by atoms with E-state index in [-0.39, 0.29) is 57.9 Å². The van der Waals surface area contributed by atoms with E-state index < -0.39 is 35.4 Å². The number of carbonyl (C=O) groups excluding carboxylic acids is 3. The number of aliphatic hydroxyl groups is 2. The summed E-state index contributed by atoms with van der Waals surface area (Å²) in [6, 6.07) is -0.180. The van der Waals surface area contributed by atoms with E-state index in [1.54, 1.807) is 6.08 Å². The second kappa shape index (κ2) is 12.2. The summed E-state index contributed by atoms with van der Waals surface area (Å²) in [5, 5.41) is 25.1. The van der Waals surface area contributed by atoms with Gasteiger partial charge < -0.3 is 25.0 Å². The molecule has 0 heterocycles. The first-order valence-corrected chi connectivity index (χ1v) is 16.5. The minimum atomic E-state index is -0.682. The number of ether oxygens (including phenoxy) is 2. The first kappa shape index (κ1) is 32.3. The lowest BCUT2D eigenvalue weighted by atomic mass is 9.49. The Bertz CT molecular complexity index is 1010. The Hall–Kier alpha value is -1.58. The molecule has 232 valence electrons. The molecule has 0 aliphatic heterocycles. The van der Waals surface area contributed by atoms with Gasteiger partial charge in [-0.3, -0.25) is 9.59 Å². The van der Waals surface area contributed by atoms with Gasteiger partial charge in [0.25, 0.3) is 0 Å². The molecule has 1 amide bonds. The third-order valence-electron chi connectivity index (χ3n) is 10.7. The molecule has 4 aliphatic carbocycles. The fourth-order valence-electron chi connectivity index (χ4n) is 8.40. The molecule has 2 bridgehead atoms. The van der Waals surface area contributed by atoms with Crippen LogP contribution < -0.4 is 5.32 Å². The van der Waals surface area contributed by atoms with Crippen LogP contribution in [0.2, 0.25) is 0 Å². The van der Waals surface area contributed by atoms with Crippen molar-refractivity contribution in [3.8, 4) is 0 Å².